The topological polar surface area (TPSA) is 63.8 Å². The van der Waals surface area contributed by atoms with Gasteiger partial charge in [0.25, 0.3) is 0 Å². The number of benzene rings is 1. The second-order valence-electron chi connectivity index (χ2n) is 6.83. The highest BCUT2D eigenvalue weighted by Gasteiger charge is 2.39. The molecule has 1 heterocycles. The molecule has 23 heavy (non-hydrogen) atoms. The Bertz CT molecular complexity index is 746. The highest BCUT2D eigenvalue weighted by atomic mass is 35.5. The molecule has 2 aromatic rings. The van der Waals surface area contributed by atoms with Gasteiger partial charge in [-0.1, -0.05) is 30.2 Å². The molecule has 0 radical (unpaired) electrons. The lowest BCUT2D eigenvalue weighted by atomic mass is 9.95. The number of fused-ring (bicyclic) bond motifs is 2. The summed E-state index contributed by atoms with van der Waals surface area (Å²) in [6, 6.07) is 8.35. The van der Waals surface area contributed by atoms with Gasteiger partial charge in [-0.05, 0) is 49.7 Å². The summed E-state index contributed by atoms with van der Waals surface area (Å²) in [5.41, 5.74) is 8.78. The highest BCUT2D eigenvalue weighted by molar-refractivity contribution is 6.31. The predicted molar refractivity (Wildman–Crippen MR) is 94.5 cm³/mol. The Morgan fingerprint density at radius 3 is 2.83 bits per heavy atom. The van der Waals surface area contributed by atoms with Gasteiger partial charge < -0.3 is 11.1 Å². The Balaban J connectivity index is 1.64. The van der Waals surface area contributed by atoms with Crippen molar-refractivity contribution in [2.45, 2.75) is 38.6 Å². The monoisotopic (exact) mass is 328 g/mol. The van der Waals surface area contributed by atoms with Gasteiger partial charge >= 0.3 is 0 Å². The van der Waals surface area contributed by atoms with Crippen LogP contribution in [0.5, 0.6) is 0 Å². The van der Waals surface area contributed by atoms with Gasteiger partial charge in [-0.25, -0.2) is 4.98 Å². The minimum absolute atomic E-state index is 0.299. The molecule has 3 atom stereocenters. The molecule has 0 saturated heterocycles. The van der Waals surface area contributed by atoms with E-state index in [4.69, 9.17) is 17.3 Å². The first-order valence-electron chi connectivity index (χ1n) is 8.26. The van der Waals surface area contributed by atoms with Crippen molar-refractivity contribution in [3.63, 3.8) is 0 Å². The molecule has 3 N–H and O–H groups in total. The number of anilines is 2. The molecule has 3 unspecified atom stereocenters. The molecule has 1 aromatic heterocycles. The van der Waals surface area contributed by atoms with Crippen LogP contribution in [0.1, 0.15) is 31.2 Å². The maximum Gasteiger partial charge on any atom is 0.222 e. The van der Waals surface area contributed by atoms with Crippen LogP contribution >= 0.6 is 11.6 Å². The lowest BCUT2D eigenvalue weighted by Gasteiger charge is -2.23. The van der Waals surface area contributed by atoms with Gasteiger partial charge in [0, 0.05) is 22.7 Å². The van der Waals surface area contributed by atoms with Gasteiger partial charge in [-0.2, -0.15) is 4.98 Å². The Labute approximate surface area is 141 Å². The van der Waals surface area contributed by atoms with Gasteiger partial charge in [0.2, 0.25) is 5.95 Å². The van der Waals surface area contributed by atoms with E-state index in [1.165, 1.54) is 25.7 Å². The minimum Gasteiger partial charge on any atom is -0.368 e. The molecule has 0 spiro atoms. The van der Waals surface area contributed by atoms with Crippen molar-refractivity contribution in [2.24, 2.45) is 11.8 Å². The Morgan fingerprint density at radius 2 is 2.09 bits per heavy atom. The van der Waals surface area contributed by atoms with E-state index in [0.717, 1.165) is 39.5 Å². The third-order valence-corrected chi connectivity index (χ3v) is 5.77. The average molecular weight is 329 g/mol. The van der Waals surface area contributed by atoms with Crippen molar-refractivity contribution in [3.05, 3.63) is 34.9 Å². The first-order valence-corrected chi connectivity index (χ1v) is 8.64. The molecule has 0 amide bonds. The van der Waals surface area contributed by atoms with Crippen LogP contribution in [0.25, 0.3) is 11.3 Å². The van der Waals surface area contributed by atoms with Crippen LogP contribution in [0.3, 0.4) is 0 Å². The van der Waals surface area contributed by atoms with Gasteiger partial charge in [-0.15, -0.1) is 0 Å². The summed E-state index contributed by atoms with van der Waals surface area (Å²) in [5.74, 6) is 2.80. The van der Waals surface area contributed by atoms with Crippen LogP contribution in [-0.2, 0) is 0 Å². The summed E-state index contributed by atoms with van der Waals surface area (Å²) < 4.78 is 0. The zero-order valence-corrected chi connectivity index (χ0v) is 14.0. The van der Waals surface area contributed by atoms with E-state index >= 15 is 0 Å². The zero-order valence-electron chi connectivity index (χ0n) is 13.2. The van der Waals surface area contributed by atoms with E-state index in [-0.39, 0.29) is 0 Å². The smallest absolute Gasteiger partial charge is 0.222 e. The fourth-order valence-corrected chi connectivity index (χ4v) is 4.35. The maximum absolute atomic E-state index is 6.23. The molecule has 0 aliphatic heterocycles. The van der Waals surface area contributed by atoms with Crippen molar-refractivity contribution < 1.29 is 0 Å². The van der Waals surface area contributed by atoms with E-state index in [1.54, 1.807) is 0 Å². The molecule has 2 fully saturated rings. The normalized spacial score (nSPS) is 25.7. The molecular formula is C18H21ClN4. The Morgan fingerprint density at radius 1 is 1.22 bits per heavy atom. The number of nitrogens with zero attached hydrogens (tertiary/aromatic N) is 2. The van der Waals surface area contributed by atoms with Crippen LogP contribution < -0.4 is 11.1 Å². The van der Waals surface area contributed by atoms with Gasteiger partial charge in [-0.3, -0.25) is 0 Å². The highest BCUT2D eigenvalue weighted by Crippen LogP contribution is 2.45. The van der Waals surface area contributed by atoms with Crippen LogP contribution in [0, 0.1) is 18.8 Å². The molecule has 2 saturated carbocycles. The average Bonchev–Trinajstić information content (AvgIpc) is 3.12. The van der Waals surface area contributed by atoms with E-state index in [0.29, 0.717) is 12.0 Å². The van der Waals surface area contributed by atoms with Crippen LogP contribution in [-0.4, -0.2) is 16.0 Å². The summed E-state index contributed by atoms with van der Waals surface area (Å²) >= 11 is 6.23. The van der Waals surface area contributed by atoms with Crippen molar-refractivity contribution in [1.82, 2.24) is 9.97 Å². The molecular weight excluding hydrogens is 308 g/mol. The molecule has 4 rings (SSSR count). The van der Waals surface area contributed by atoms with Crippen molar-refractivity contribution in [3.8, 4) is 11.3 Å². The van der Waals surface area contributed by atoms with E-state index in [1.807, 2.05) is 31.2 Å². The summed E-state index contributed by atoms with van der Waals surface area (Å²) in [6.07, 6.45) is 5.34. The molecule has 4 nitrogen and oxygen atoms in total. The predicted octanol–water partition coefficient (Wildman–Crippen LogP) is 4.29. The molecule has 1 aromatic carbocycles. The quantitative estimate of drug-likeness (QED) is 0.882. The molecule has 120 valence electrons. The van der Waals surface area contributed by atoms with E-state index < -0.39 is 0 Å². The molecule has 5 heteroatoms. The van der Waals surface area contributed by atoms with Crippen LogP contribution in [0.4, 0.5) is 11.8 Å². The number of nitrogen functional groups attached to an aromatic ring is 1. The van der Waals surface area contributed by atoms with Crippen molar-refractivity contribution in [2.75, 3.05) is 11.1 Å². The number of hydrogen-bond donors (Lipinski definition) is 2. The zero-order chi connectivity index (χ0) is 16.0. The summed E-state index contributed by atoms with van der Waals surface area (Å²) in [4.78, 5) is 8.78. The van der Waals surface area contributed by atoms with Crippen LogP contribution in [0.15, 0.2) is 24.3 Å². The first-order chi connectivity index (χ1) is 11.1. The van der Waals surface area contributed by atoms with Gasteiger partial charge in [0.05, 0.1) is 5.69 Å². The Hall–Kier alpha value is -1.81. The minimum atomic E-state index is 0.299. The number of nitrogens with two attached hydrogens (primary N) is 1. The van der Waals surface area contributed by atoms with Gasteiger partial charge in [0.1, 0.15) is 5.82 Å². The van der Waals surface area contributed by atoms with E-state index in [2.05, 4.69) is 15.3 Å². The largest absolute Gasteiger partial charge is 0.368 e. The van der Waals surface area contributed by atoms with Crippen LogP contribution in [0.2, 0.25) is 5.02 Å². The molecule has 2 bridgehead atoms. The SMILES string of the molecule is Cc1c(Cl)cccc1-c1cc(NC2CC3CCC2C3)nc(N)n1. The lowest BCUT2D eigenvalue weighted by molar-refractivity contribution is 0.439. The lowest BCUT2D eigenvalue weighted by Crippen LogP contribution is -2.26. The summed E-state index contributed by atoms with van der Waals surface area (Å²) in [5, 5.41) is 4.33. The number of nitrogens with one attached hydrogen (secondary N) is 1. The fourth-order valence-electron chi connectivity index (χ4n) is 4.17. The third kappa shape index (κ3) is 2.76. The number of hydrogen-bond acceptors (Lipinski definition) is 4. The number of rotatable bonds is 3. The standard InChI is InChI=1S/C18H21ClN4/c1-10-13(3-2-4-14(10)19)16-9-17(23-18(20)22-16)21-15-8-11-5-6-12(15)7-11/h2-4,9,11-12,15H,5-8H2,1H3,(H3,20,21,22,23). The van der Waals surface area contributed by atoms with Crippen molar-refractivity contribution >= 4 is 23.4 Å². The van der Waals surface area contributed by atoms with Gasteiger partial charge in [0.15, 0.2) is 0 Å². The second kappa shape index (κ2) is 5.68. The molecule has 2 aliphatic rings. The fraction of sp³-hybridized carbons (Fsp3) is 0.444. The second-order valence-corrected chi connectivity index (χ2v) is 7.24. The summed E-state index contributed by atoms with van der Waals surface area (Å²) in [7, 11) is 0. The Kier molecular flexibility index (Phi) is 3.64. The third-order valence-electron chi connectivity index (χ3n) is 5.36. The summed E-state index contributed by atoms with van der Waals surface area (Å²) in [6.45, 7) is 2.00. The number of halogens is 1. The van der Waals surface area contributed by atoms with Crippen molar-refractivity contribution in [1.29, 1.82) is 0 Å². The maximum atomic E-state index is 6.23. The van der Waals surface area contributed by atoms with E-state index in [9.17, 15) is 0 Å². The first kappa shape index (κ1) is 14.8. The molecule has 2 aliphatic carbocycles. The number of aromatic nitrogens is 2.